The van der Waals surface area contributed by atoms with Crippen molar-refractivity contribution >= 4 is 16.6 Å². The van der Waals surface area contributed by atoms with Crippen LogP contribution in [-0.4, -0.2) is 48.3 Å². The average Bonchev–Trinajstić information content (AvgIpc) is 2.73. The summed E-state index contributed by atoms with van der Waals surface area (Å²) in [6.07, 6.45) is 0. The summed E-state index contributed by atoms with van der Waals surface area (Å²) >= 11 is 0. The second-order valence-corrected chi connectivity index (χ2v) is 7.42. The Bertz CT molecular complexity index is 981. The van der Waals surface area contributed by atoms with E-state index in [-0.39, 0.29) is 11.8 Å². The van der Waals surface area contributed by atoms with Gasteiger partial charge in [0.1, 0.15) is 0 Å². The normalized spacial score (nSPS) is 16.3. The zero-order chi connectivity index (χ0) is 19.7. The van der Waals surface area contributed by atoms with Crippen molar-refractivity contribution in [2.75, 3.05) is 38.2 Å². The fraction of sp³-hybridized carbons (Fsp3) is 0.348. The van der Waals surface area contributed by atoms with Crippen molar-refractivity contribution in [3.05, 3.63) is 59.8 Å². The highest BCUT2D eigenvalue weighted by atomic mass is 16.5. The zero-order valence-corrected chi connectivity index (χ0v) is 16.7. The molecule has 5 heteroatoms. The van der Waals surface area contributed by atoms with Gasteiger partial charge in [-0.05, 0) is 43.7 Å². The number of nitrogens with zero attached hydrogens (tertiary/aromatic N) is 3. The SMILES string of the molecule is COc1cc(C(C)N2CCN(c3cc4ccccc4nc3C)CC2)ccc1O. The van der Waals surface area contributed by atoms with E-state index in [4.69, 9.17) is 9.72 Å². The third-order valence-electron chi connectivity index (χ3n) is 5.78. The molecule has 1 aliphatic heterocycles. The molecule has 0 saturated carbocycles. The Labute approximate surface area is 166 Å². The molecule has 1 aliphatic rings. The van der Waals surface area contributed by atoms with Crippen molar-refractivity contribution in [3.63, 3.8) is 0 Å². The first kappa shape index (κ1) is 18.6. The highest BCUT2D eigenvalue weighted by Gasteiger charge is 2.24. The lowest BCUT2D eigenvalue weighted by Gasteiger charge is -2.39. The number of piperazine rings is 1. The van der Waals surface area contributed by atoms with Crippen LogP contribution in [0.1, 0.15) is 24.2 Å². The molecule has 1 fully saturated rings. The molecular weight excluding hydrogens is 350 g/mol. The standard InChI is InChI=1S/C23H27N3O2/c1-16-21(14-19-6-4-5-7-20(19)24-16)26-12-10-25(11-13-26)17(2)18-8-9-22(27)23(15-18)28-3/h4-9,14-15,17,27H,10-13H2,1-3H3. The Balaban J connectivity index is 1.48. The number of fused-ring (bicyclic) bond motifs is 1. The van der Waals surface area contributed by atoms with Gasteiger partial charge in [-0.15, -0.1) is 0 Å². The molecule has 1 aromatic heterocycles. The smallest absolute Gasteiger partial charge is 0.160 e. The van der Waals surface area contributed by atoms with E-state index in [1.165, 1.54) is 11.1 Å². The van der Waals surface area contributed by atoms with E-state index in [1.807, 2.05) is 18.2 Å². The number of anilines is 1. The molecule has 0 bridgehead atoms. The van der Waals surface area contributed by atoms with E-state index in [2.05, 4.69) is 47.9 Å². The maximum atomic E-state index is 9.84. The minimum Gasteiger partial charge on any atom is -0.504 e. The van der Waals surface area contributed by atoms with Gasteiger partial charge in [0.15, 0.2) is 11.5 Å². The number of methoxy groups -OCH3 is 1. The molecule has 2 heterocycles. The van der Waals surface area contributed by atoms with Gasteiger partial charge >= 0.3 is 0 Å². The Morgan fingerprint density at radius 2 is 1.79 bits per heavy atom. The number of phenolic OH excluding ortho intramolecular Hbond substituents is 1. The molecule has 28 heavy (non-hydrogen) atoms. The fourth-order valence-corrected chi connectivity index (χ4v) is 4.04. The maximum absolute atomic E-state index is 9.84. The maximum Gasteiger partial charge on any atom is 0.160 e. The molecule has 0 aliphatic carbocycles. The highest BCUT2D eigenvalue weighted by molar-refractivity contribution is 5.82. The molecule has 0 spiro atoms. The summed E-state index contributed by atoms with van der Waals surface area (Å²) in [6.45, 7) is 8.22. The molecule has 1 saturated heterocycles. The van der Waals surface area contributed by atoms with Gasteiger partial charge in [-0.25, -0.2) is 0 Å². The Hall–Kier alpha value is -2.79. The van der Waals surface area contributed by atoms with Crippen LogP contribution in [0.4, 0.5) is 5.69 Å². The summed E-state index contributed by atoms with van der Waals surface area (Å²) in [6, 6.07) is 16.5. The van der Waals surface area contributed by atoms with Gasteiger partial charge in [-0.3, -0.25) is 9.88 Å². The number of aromatic nitrogens is 1. The minimum absolute atomic E-state index is 0.183. The van der Waals surface area contributed by atoms with Crippen molar-refractivity contribution in [2.24, 2.45) is 0 Å². The summed E-state index contributed by atoms with van der Waals surface area (Å²) < 4.78 is 5.26. The average molecular weight is 377 g/mol. The quantitative estimate of drug-likeness (QED) is 0.740. The van der Waals surface area contributed by atoms with Crippen molar-refractivity contribution in [1.29, 1.82) is 0 Å². The van der Waals surface area contributed by atoms with Gasteiger partial charge in [-0.2, -0.15) is 0 Å². The van der Waals surface area contributed by atoms with Gasteiger partial charge in [-0.1, -0.05) is 24.3 Å². The first-order valence-electron chi connectivity index (χ1n) is 9.79. The number of hydrogen-bond donors (Lipinski definition) is 1. The lowest BCUT2D eigenvalue weighted by atomic mass is 10.0. The molecule has 146 valence electrons. The third kappa shape index (κ3) is 3.50. The lowest BCUT2D eigenvalue weighted by Crippen LogP contribution is -2.47. The van der Waals surface area contributed by atoms with Crippen LogP contribution >= 0.6 is 0 Å². The molecule has 1 N–H and O–H groups in total. The number of aromatic hydroxyl groups is 1. The number of phenols is 1. The molecule has 0 amide bonds. The summed E-state index contributed by atoms with van der Waals surface area (Å²) in [5.74, 6) is 0.711. The fourth-order valence-electron chi connectivity index (χ4n) is 4.04. The number of para-hydroxylation sites is 1. The van der Waals surface area contributed by atoms with Gasteiger partial charge < -0.3 is 14.7 Å². The first-order chi connectivity index (χ1) is 13.6. The van der Waals surface area contributed by atoms with Crippen LogP contribution in [0.3, 0.4) is 0 Å². The number of rotatable bonds is 4. The molecule has 1 unspecified atom stereocenters. The van der Waals surface area contributed by atoms with Crippen LogP contribution < -0.4 is 9.64 Å². The predicted molar refractivity (Wildman–Crippen MR) is 113 cm³/mol. The van der Waals surface area contributed by atoms with Crippen LogP contribution in [0.25, 0.3) is 10.9 Å². The van der Waals surface area contributed by atoms with E-state index in [0.717, 1.165) is 43.0 Å². The van der Waals surface area contributed by atoms with E-state index in [0.29, 0.717) is 5.75 Å². The number of benzene rings is 2. The van der Waals surface area contributed by atoms with Crippen LogP contribution in [0.5, 0.6) is 11.5 Å². The highest BCUT2D eigenvalue weighted by Crippen LogP contribution is 2.32. The van der Waals surface area contributed by atoms with Gasteiger partial charge in [0.2, 0.25) is 0 Å². The monoisotopic (exact) mass is 377 g/mol. The van der Waals surface area contributed by atoms with Crippen molar-refractivity contribution in [2.45, 2.75) is 19.9 Å². The van der Waals surface area contributed by atoms with Crippen molar-refractivity contribution < 1.29 is 9.84 Å². The van der Waals surface area contributed by atoms with Crippen LogP contribution in [-0.2, 0) is 0 Å². The van der Waals surface area contributed by atoms with E-state index in [9.17, 15) is 5.11 Å². The predicted octanol–water partition coefficient (Wildman–Crippen LogP) is 4.14. The topological polar surface area (TPSA) is 48.8 Å². The van der Waals surface area contributed by atoms with Crippen LogP contribution in [0.15, 0.2) is 48.5 Å². The molecular formula is C23H27N3O2. The third-order valence-corrected chi connectivity index (χ3v) is 5.78. The van der Waals surface area contributed by atoms with E-state index < -0.39 is 0 Å². The largest absolute Gasteiger partial charge is 0.504 e. The summed E-state index contributed by atoms with van der Waals surface area (Å²) in [5.41, 5.74) is 4.53. The number of ether oxygens (including phenoxy) is 1. The summed E-state index contributed by atoms with van der Waals surface area (Å²) in [4.78, 5) is 9.71. The number of pyridine rings is 1. The first-order valence-corrected chi connectivity index (χ1v) is 9.79. The Morgan fingerprint density at radius 3 is 2.54 bits per heavy atom. The molecule has 2 aromatic carbocycles. The van der Waals surface area contributed by atoms with Crippen molar-refractivity contribution in [3.8, 4) is 11.5 Å². The van der Waals surface area contributed by atoms with Crippen molar-refractivity contribution in [1.82, 2.24) is 9.88 Å². The minimum atomic E-state index is 0.183. The van der Waals surface area contributed by atoms with Crippen LogP contribution in [0.2, 0.25) is 0 Å². The van der Waals surface area contributed by atoms with E-state index in [1.54, 1.807) is 13.2 Å². The van der Waals surface area contributed by atoms with Gasteiger partial charge in [0, 0.05) is 37.6 Å². The molecule has 1 atom stereocenters. The van der Waals surface area contributed by atoms with E-state index >= 15 is 0 Å². The second kappa shape index (κ2) is 7.68. The summed E-state index contributed by atoms with van der Waals surface area (Å²) in [5, 5.41) is 11.0. The summed E-state index contributed by atoms with van der Waals surface area (Å²) in [7, 11) is 1.59. The Morgan fingerprint density at radius 1 is 1.04 bits per heavy atom. The molecule has 3 aromatic rings. The Kier molecular flexibility index (Phi) is 5.09. The van der Waals surface area contributed by atoms with Gasteiger partial charge in [0.05, 0.1) is 24.0 Å². The van der Waals surface area contributed by atoms with Gasteiger partial charge in [0.25, 0.3) is 0 Å². The second-order valence-electron chi connectivity index (χ2n) is 7.42. The number of aryl methyl sites for hydroxylation is 1. The van der Waals surface area contributed by atoms with Crippen LogP contribution in [0, 0.1) is 6.92 Å². The molecule has 5 nitrogen and oxygen atoms in total. The number of hydrogen-bond acceptors (Lipinski definition) is 5. The lowest BCUT2D eigenvalue weighted by molar-refractivity contribution is 0.198. The molecule has 0 radical (unpaired) electrons. The molecule has 4 rings (SSSR count). The zero-order valence-electron chi connectivity index (χ0n) is 16.7.